The maximum absolute atomic E-state index is 14.6. The standard InChI is InChI=1S/C20H19F2N5OS2/c1-26-18(28)24-19(30-26)27-20(10-5-11-23,13-6-3-2-4-7-13)29-17(25-27)15-12-14(21)8-9-16(15)22/h2-4,6-9,12H,5,10-11,23H2,1H3. The Morgan fingerprint density at radius 3 is 2.60 bits per heavy atom. The Morgan fingerprint density at radius 1 is 1.17 bits per heavy atom. The highest BCUT2D eigenvalue weighted by molar-refractivity contribution is 8.15. The summed E-state index contributed by atoms with van der Waals surface area (Å²) < 4.78 is 29.8. The van der Waals surface area contributed by atoms with Gasteiger partial charge in [0.25, 0.3) is 0 Å². The van der Waals surface area contributed by atoms with Crippen molar-refractivity contribution < 1.29 is 8.78 Å². The molecule has 6 nitrogen and oxygen atoms in total. The molecule has 2 heterocycles. The van der Waals surface area contributed by atoms with E-state index in [1.807, 2.05) is 30.3 Å². The third kappa shape index (κ3) is 3.66. The van der Waals surface area contributed by atoms with Crippen molar-refractivity contribution in [2.75, 3.05) is 11.6 Å². The summed E-state index contributed by atoms with van der Waals surface area (Å²) in [5.74, 6) is -1.12. The van der Waals surface area contributed by atoms with Crippen molar-refractivity contribution in [3.63, 3.8) is 0 Å². The number of thioether (sulfide) groups is 1. The van der Waals surface area contributed by atoms with Gasteiger partial charge < -0.3 is 5.73 Å². The normalized spacial score (nSPS) is 18.7. The fourth-order valence-electron chi connectivity index (χ4n) is 3.31. The second-order valence-corrected chi connectivity index (χ2v) is 9.11. The van der Waals surface area contributed by atoms with Crippen molar-refractivity contribution >= 4 is 33.5 Å². The van der Waals surface area contributed by atoms with Gasteiger partial charge in [0.2, 0.25) is 5.13 Å². The number of hydrazone groups is 1. The molecule has 0 bridgehead atoms. The monoisotopic (exact) mass is 447 g/mol. The number of rotatable bonds is 6. The maximum atomic E-state index is 14.6. The first-order chi connectivity index (χ1) is 14.4. The van der Waals surface area contributed by atoms with E-state index < -0.39 is 22.2 Å². The zero-order chi connectivity index (χ0) is 21.3. The van der Waals surface area contributed by atoms with E-state index in [-0.39, 0.29) is 5.56 Å². The van der Waals surface area contributed by atoms with Crippen LogP contribution < -0.4 is 16.4 Å². The minimum atomic E-state index is -0.800. The van der Waals surface area contributed by atoms with Gasteiger partial charge in [-0.2, -0.15) is 10.1 Å². The largest absolute Gasteiger partial charge is 0.359 e. The Balaban J connectivity index is 1.91. The molecule has 156 valence electrons. The Kier molecular flexibility index (Phi) is 5.72. The number of halogens is 2. The Hall–Kier alpha value is -2.56. The predicted octanol–water partition coefficient (Wildman–Crippen LogP) is 3.63. The fourth-order valence-corrected chi connectivity index (χ4v) is 5.54. The van der Waals surface area contributed by atoms with Crippen LogP contribution in [-0.4, -0.2) is 20.5 Å². The zero-order valence-corrected chi connectivity index (χ0v) is 17.7. The van der Waals surface area contributed by atoms with Gasteiger partial charge in [-0.25, -0.2) is 22.5 Å². The first-order valence-electron chi connectivity index (χ1n) is 9.28. The molecular formula is C20H19F2N5OS2. The summed E-state index contributed by atoms with van der Waals surface area (Å²) in [6.45, 7) is 0.449. The zero-order valence-electron chi connectivity index (χ0n) is 16.1. The molecular weight excluding hydrogens is 428 g/mol. The van der Waals surface area contributed by atoms with Crippen LogP contribution in [0, 0.1) is 11.6 Å². The predicted molar refractivity (Wildman–Crippen MR) is 117 cm³/mol. The van der Waals surface area contributed by atoms with Crippen LogP contribution in [0.5, 0.6) is 0 Å². The summed E-state index contributed by atoms with van der Waals surface area (Å²) in [5, 5.41) is 6.97. The summed E-state index contributed by atoms with van der Waals surface area (Å²) in [7, 11) is 1.62. The molecule has 0 spiro atoms. The minimum absolute atomic E-state index is 0.0684. The molecule has 0 saturated heterocycles. The SMILES string of the molecule is Cn1sc(N2N=C(c3cc(F)ccc3F)SC2(CCCN)c2ccccc2)nc1=O. The summed E-state index contributed by atoms with van der Waals surface area (Å²) >= 11 is 2.46. The molecule has 0 saturated carbocycles. The van der Waals surface area contributed by atoms with Gasteiger partial charge >= 0.3 is 5.69 Å². The van der Waals surface area contributed by atoms with Crippen molar-refractivity contribution in [2.24, 2.45) is 17.9 Å². The Bertz CT molecular complexity index is 1150. The maximum Gasteiger partial charge on any atom is 0.359 e. The second-order valence-electron chi connectivity index (χ2n) is 6.75. The molecule has 2 aromatic carbocycles. The van der Waals surface area contributed by atoms with Crippen LogP contribution in [0.3, 0.4) is 0 Å². The van der Waals surface area contributed by atoms with E-state index in [4.69, 9.17) is 5.73 Å². The van der Waals surface area contributed by atoms with E-state index in [1.165, 1.54) is 15.7 Å². The summed E-state index contributed by atoms with van der Waals surface area (Å²) in [5.41, 5.74) is 6.38. The molecule has 3 aromatic rings. The van der Waals surface area contributed by atoms with E-state index in [2.05, 4.69) is 10.1 Å². The summed E-state index contributed by atoms with van der Waals surface area (Å²) in [6.07, 6.45) is 1.23. The van der Waals surface area contributed by atoms with E-state index in [9.17, 15) is 13.6 Å². The molecule has 0 fully saturated rings. The topological polar surface area (TPSA) is 76.5 Å². The Morgan fingerprint density at radius 2 is 1.93 bits per heavy atom. The molecule has 1 unspecified atom stereocenters. The van der Waals surface area contributed by atoms with Crippen LogP contribution in [0.4, 0.5) is 13.9 Å². The van der Waals surface area contributed by atoms with E-state index in [1.54, 1.807) is 12.1 Å². The number of anilines is 1. The van der Waals surface area contributed by atoms with Crippen LogP contribution in [0.1, 0.15) is 24.0 Å². The molecule has 2 N–H and O–H groups in total. The van der Waals surface area contributed by atoms with Gasteiger partial charge in [0.15, 0.2) is 0 Å². The number of hydrogen-bond acceptors (Lipinski definition) is 7. The first-order valence-corrected chi connectivity index (χ1v) is 10.9. The van der Waals surface area contributed by atoms with Gasteiger partial charge in [-0.15, -0.1) is 0 Å². The lowest BCUT2D eigenvalue weighted by Gasteiger charge is -2.35. The van der Waals surface area contributed by atoms with Crippen molar-refractivity contribution in [1.82, 2.24) is 8.94 Å². The number of aryl methyl sites for hydroxylation is 1. The molecule has 1 atom stereocenters. The number of nitrogens with two attached hydrogens (primary N) is 1. The Labute approximate surface area is 180 Å². The lowest BCUT2D eigenvalue weighted by Crippen LogP contribution is -2.38. The third-order valence-corrected chi connectivity index (χ3v) is 7.07. The third-order valence-electron chi connectivity index (χ3n) is 4.76. The lowest BCUT2D eigenvalue weighted by molar-refractivity contribution is 0.526. The van der Waals surface area contributed by atoms with Crippen LogP contribution >= 0.6 is 23.3 Å². The highest BCUT2D eigenvalue weighted by Gasteiger charge is 2.47. The lowest BCUT2D eigenvalue weighted by atomic mass is 10.0. The highest BCUT2D eigenvalue weighted by atomic mass is 32.2. The van der Waals surface area contributed by atoms with Gasteiger partial charge in [-0.3, -0.25) is 0 Å². The average Bonchev–Trinajstić information content (AvgIpc) is 3.30. The quantitative estimate of drug-likeness (QED) is 0.625. The number of benzene rings is 2. The molecule has 1 aliphatic rings. The molecule has 1 aromatic heterocycles. The number of aromatic nitrogens is 2. The van der Waals surface area contributed by atoms with Crippen LogP contribution in [0.15, 0.2) is 58.4 Å². The summed E-state index contributed by atoms with van der Waals surface area (Å²) in [6, 6.07) is 12.9. The van der Waals surface area contributed by atoms with Crippen molar-refractivity contribution in [3.05, 3.63) is 81.8 Å². The molecule has 0 radical (unpaired) electrons. The van der Waals surface area contributed by atoms with Crippen LogP contribution in [0.2, 0.25) is 0 Å². The van der Waals surface area contributed by atoms with Gasteiger partial charge in [0.1, 0.15) is 21.5 Å². The van der Waals surface area contributed by atoms with Crippen LogP contribution in [-0.2, 0) is 11.9 Å². The van der Waals surface area contributed by atoms with Gasteiger partial charge in [0, 0.05) is 12.6 Å². The van der Waals surface area contributed by atoms with Gasteiger partial charge in [0.05, 0.1) is 0 Å². The second kappa shape index (κ2) is 8.29. The summed E-state index contributed by atoms with van der Waals surface area (Å²) in [4.78, 5) is 15.4. The van der Waals surface area contributed by atoms with Crippen LogP contribution in [0.25, 0.3) is 0 Å². The first kappa shape index (κ1) is 20.7. The van der Waals surface area contributed by atoms with Gasteiger partial charge in [-0.05, 0) is 54.7 Å². The average molecular weight is 448 g/mol. The van der Waals surface area contributed by atoms with Gasteiger partial charge in [-0.1, -0.05) is 42.1 Å². The van der Waals surface area contributed by atoms with Crippen molar-refractivity contribution in [1.29, 1.82) is 0 Å². The molecule has 30 heavy (non-hydrogen) atoms. The molecule has 4 rings (SSSR count). The smallest absolute Gasteiger partial charge is 0.330 e. The van der Waals surface area contributed by atoms with Crippen molar-refractivity contribution in [3.8, 4) is 0 Å². The van der Waals surface area contributed by atoms with E-state index in [0.29, 0.717) is 29.6 Å². The molecule has 10 heteroatoms. The molecule has 1 aliphatic heterocycles. The number of nitrogens with zero attached hydrogens (tertiary/aromatic N) is 4. The molecule has 0 amide bonds. The highest BCUT2D eigenvalue weighted by Crippen LogP contribution is 2.52. The molecule has 0 aliphatic carbocycles. The number of hydrogen-bond donors (Lipinski definition) is 1. The fraction of sp³-hybridized carbons (Fsp3) is 0.250. The minimum Gasteiger partial charge on any atom is -0.330 e. The van der Waals surface area contributed by atoms with Crippen molar-refractivity contribution in [2.45, 2.75) is 17.7 Å². The van der Waals surface area contributed by atoms with E-state index >= 15 is 0 Å². The van der Waals surface area contributed by atoms with E-state index in [0.717, 1.165) is 35.3 Å².